The Morgan fingerprint density at radius 1 is 0.962 bits per heavy atom. The summed E-state index contributed by atoms with van der Waals surface area (Å²) in [5.41, 5.74) is 7.89. The van der Waals surface area contributed by atoms with E-state index in [2.05, 4.69) is 30.3 Å². The summed E-state index contributed by atoms with van der Waals surface area (Å²) in [5.74, 6) is 3.33. The maximum Gasteiger partial charge on any atom is 0.451 e. The second kappa shape index (κ2) is 9.91. The molecule has 3 rings (SSSR count). The van der Waals surface area contributed by atoms with E-state index in [0.717, 1.165) is 37.0 Å². The molecule has 0 amide bonds. The summed E-state index contributed by atoms with van der Waals surface area (Å²) in [6.45, 7) is 0. The van der Waals surface area contributed by atoms with Crippen molar-refractivity contribution in [3.8, 4) is 0 Å². The van der Waals surface area contributed by atoms with E-state index < -0.39 is 7.12 Å². The Kier molecular flexibility index (Phi) is 7.59. The molecule has 0 aliphatic heterocycles. The van der Waals surface area contributed by atoms with Crippen molar-refractivity contribution >= 4 is 7.12 Å². The standard InChI is InChI=1S/C22H36BNO2/c24-22(8-4-5-13-23(25)26)21-15-18(16-21)14-17-9-11-20(12-10-17)19-6-2-1-3-7-19/h1-3,6-7,17-18,20-22,25-26H,4-5,8-16,24H2. The Labute approximate surface area is 159 Å². The van der Waals surface area contributed by atoms with Crippen molar-refractivity contribution in [3.63, 3.8) is 0 Å². The van der Waals surface area contributed by atoms with Gasteiger partial charge in [-0.15, -0.1) is 0 Å². The third-order valence-electron chi connectivity index (χ3n) is 6.91. The molecule has 3 nitrogen and oxygen atoms in total. The van der Waals surface area contributed by atoms with E-state index in [1.165, 1.54) is 50.5 Å². The zero-order chi connectivity index (χ0) is 18.4. The topological polar surface area (TPSA) is 66.5 Å². The average Bonchev–Trinajstić information content (AvgIpc) is 2.62. The van der Waals surface area contributed by atoms with Crippen LogP contribution >= 0.6 is 0 Å². The van der Waals surface area contributed by atoms with Crippen molar-refractivity contribution in [1.82, 2.24) is 0 Å². The Morgan fingerprint density at radius 2 is 1.65 bits per heavy atom. The molecular weight excluding hydrogens is 321 g/mol. The fraction of sp³-hybridized carbons (Fsp3) is 0.727. The molecule has 1 aromatic rings. The molecule has 0 radical (unpaired) electrons. The quantitative estimate of drug-likeness (QED) is 0.455. The molecule has 0 bridgehead atoms. The van der Waals surface area contributed by atoms with Crippen molar-refractivity contribution < 1.29 is 10.0 Å². The van der Waals surface area contributed by atoms with Gasteiger partial charge in [0, 0.05) is 6.04 Å². The van der Waals surface area contributed by atoms with Crippen molar-refractivity contribution in [3.05, 3.63) is 35.9 Å². The minimum absolute atomic E-state index is 0.316. The number of unbranched alkanes of at least 4 members (excludes halogenated alkanes) is 1. The predicted octanol–water partition coefficient (Wildman–Crippen LogP) is 4.35. The highest BCUT2D eigenvalue weighted by atomic mass is 16.4. The fourth-order valence-corrected chi connectivity index (χ4v) is 5.20. The zero-order valence-corrected chi connectivity index (χ0v) is 16.1. The lowest BCUT2D eigenvalue weighted by atomic mass is 9.65. The molecule has 1 aromatic carbocycles. The maximum atomic E-state index is 8.88. The maximum absolute atomic E-state index is 8.88. The van der Waals surface area contributed by atoms with Gasteiger partial charge < -0.3 is 15.8 Å². The van der Waals surface area contributed by atoms with Crippen molar-refractivity contribution in [2.24, 2.45) is 23.5 Å². The summed E-state index contributed by atoms with van der Waals surface area (Å²) in [6, 6.07) is 11.4. The highest BCUT2D eigenvalue weighted by Gasteiger charge is 2.35. The third kappa shape index (κ3) is 5.83. The molecule has 4 N–H and O–H groups in total. The highest BCUT2D eigenvalue weighted by Crippen LogP contribution is 2.45. The summed E-state index contributed by atoms with van der Waals surface area (Å²) in [4.78, 5) is 0. The van der Waals surface area contributed by atoms with Crippen LogP contribution in [0.25, 0.3) is 0 Å². The second-order valence-corrected chi connectivity index (χ2v) is 8.89. The van der Waals surface area contributed by atoms with Crippen LogP contribution in [0.5, 0.6) is 0 Å². The first-order valence-electron chi connectivity index (χ1n) is 10.8. The molecule has 0 heterocycles. The highest BCUT2D eigenvalue weighted by molar-refractivity contribution is 6.40. The van der Waals surface area contributed by atoms with E-state index in [-0.39, 0.29) is 0 Å². The van der Waals surface area contributed by atoms with Gasteiger partial charge in [-0.2, -0.15) is 0 Å². The number of rotatable bonds is 9. The lowest BCUT2D eigenvalue weighted by molar-refractivity contribution is 0.117. The van der Waals surface area contributed by atoms with Gasteiger partial charge in [-0.25, -0.2) is 0 Å². The number of hydrogen-bond acceptors (Lipinski definition) is 3. The number of benzene rings is 1. The van der Waals surface area contributed by atoms with Gasteiger partial charge in [-0.05, 0) is 86.9 Å². The van der Waals surface area contributed by atoms with Crippen LogP contribution in [0.3, 0.4) is 0 Å². The molecule has 2 aliphatic carbocycles. The Balaban J connectivity index is 1.28. The first-order valence-corrected chi connectivity index (χ1v) is 10.8. The van der Waals surface area contributed by atoms with Crippen LogP contribution < -0.4 is 5.73 Å². The molecule has 0 spiro atoms. The SMILES string of the molecule is NC(CCCCB(O)O)C1CC(CC2CCC(c3ccccc3)CC2)C1. The van der Waals surface area contributed by atoms with Gasteiger partial charge in [-0.1, -0.05) is 43.2 Å². The Hall–Kier alpha value is -0.835. The molecule has 26 heavy (non-hydrogen) atoms. The van der Waals surface area contributed by atoms with Crippen LogP contribution in [0.2, 0.25) is 6.32 Å². The normalized spacial score (nSPS) is 29.8. The summed E-state index contributed by atoms with van der Waals surface area (Å²) in [6.07, 6.45) is 13.0. The van der Waals surface area contributed by atoms with Crippen molar-refractivity contribution in [2.75, 3.05) is 0 Å². The van der Waals surface area contributed by atoms with Crippen LogP contribution in [-0.2, 0) is 0 Å². The minimum Gasteiger partial charge on any atom is -0.427 e. The van der Waals surface area contributed by atoms with E-state index in [1.807, 2.05) is 0 Å². The van der Waals surface area contributed by atoms with Gasteiger partial charge >= 0.3 is 7.12 Å². The van der Waals surface area contributed by atoms with E-state index in [4.69, 9.17) is 15.8 Å². The first kappa shape index (κ1) is 19.9. The molecule has 0 aromatic heterocycles. The first-order chi connectivity index (χ1) is 12.6. The molecule has 1 unspecified atom stereocenters. The van der Waals surface area contributed by atoms with Crippen LogP contribution in [0.15, 0.2) is 30.3 Å². The summed E-state index contributed by atoms with van der Waals surface area (Å²) in [5, 5.41) is 17.8. The molecular formula is C22H36BNO2. The van der Waals surface area contributed by atoms with E-state index in [1.54, 1.807) is 0 Å². The monoisotopic (exact) mass is 357 g/mol. The average molecular weight is 357 g/mol. The predicted molar refractivity (Wildman–Crippen MR) is 109 cm³/mol. The lowest BCUT2D eigenvalue weighted by Crippen LogP contribution is -2.40. The van der Waals surface area contributed by atoms with Crippen LogP contribution in [-0.4, -0.2) is 23.2 Å². The second-order valence-electron chi connectivity index (χ2n) is 8.89. The van der Waals surface area contributed by atoms with Crippen LogP contribution in [0.1, 0.15) is 75.7 Å². The summed E-state index contributed by atoms with van der Waals surface area (Å²) < 4.78 is 0. The van der Waals surface area contributed by atoms with Gasteiger partial charge in [0.2, 0.25) is 0 Å². The van der Waals surface area contributed by atoms with E-state index in [9.17, 15) is 0 Å². The molecule has 0 saturated heterocycles. The van der Waals surface area contributed by atoms with Gasteiger partial charge in [0.1, 0.15) is 0 Å². The molecule has 2 saturated carbocycles. The molecule has 1 atom stereocenters. The molecule has 4 heteroatoms. The third-order valence-corrected chi connectivity index (χ3v) is 6.91. The number of hydrogen-bond donors (Lipinski definition) is 3. The smallest absolute Gasteiger partial charge is 0.427 e. The molecule has 2 fully saturated rings. The lowest BCUT2D eigenvalue weighted by Gasteiger charge is -2.42. The Morgan fingerprint density at radius 3 is 2.31 bits per heavy atom. The van der Waals surface area contributed by atoms with E-state index >= 15 is 0 Å². The minimum atomic E-state index is -1.16. The fourth-order valence-electron chi connectivity index (χ4n) is 5.20. The van der Waals surface area contributed by atoms with Gasteiger partial charge in [0.15, 0.2) is 0 Å². The van der Waals surface area contributed by atoms with Crippen LogP contribution in [0.4, 0.5) is 0 Å². The van der Waals surface area contributed by atoms with Crippen LogP contribution in [0, 0.1) is 17.8 Å². The zero-order valence-electron chi connectivity index (χ0n) is 16.1. The van der Waals surface area contributed by atoms with Gasteiger partial charge in [-0.3, -0.25) is 0 Å². The summed E-state index contributed by atoms with van der Waals surface area (Å²) >= 11 is 0. The number of nitrogens with two attached hydrogens (primary N) is 1. The van der Waals surface area contributed by atoms with E-state index in [0.29, 0.717) is 18.3 Å². The van der Waals surface area contributed by atoms with Crippen molar-refractivity contribution in [2.45, 2.75) is 82.5 Å². The largest absolute Gasteiger partial charge is 0.451 e. The van der Waals surface area contributed by atoms with Gasteiger partial charge in [0.25, 0.3) is 0 Å². The molecule has 2 aliphatic rings. The summed E-state index contributed by atoms with van der Waals surface area (Å²) in [7, 11) is -1.16. The van der Waals surface area contributed by atoms with Crippen molar-refractivity contribution in [1.29, 1.82) is 0 Å². The Bertz CT molecular complexity index is 510. The molecule has 144 valence electrons. The van der Waals surface area contributed by atoms with Gasteiger partial charge in [0.05, 0.1) is 0 Å².